The summed E-state index contributed by atoms with van der Waals surface area (Å²) < 4.78 is 0. The summed E-state index contributed by atoms with van der Waals surface area (Å²) in [7, 11) is 0. The Bertz CT molecular complexity index is 785. The van der Waals surface area contributed by atoms with E-state index in [1.807, 2.05) is 12.1 Å². The molecule has 0 radical (unpaired) electrons. The van der Waals surface area contributed by atoms with Gasteiger partial charge in [0.2, 0.25) is 5.91 Å². The van der Waals surface area contributed by atoms with Gasteiger partial charge in [-0.15, -0.1) is 0 Å². The van der Waals surface area contributed by atoms with Crippen LogP contribution in [-0.4, -0.2) is 28.8 Å². The first-order valence-electron chi connectivity index (χ1n) is 7.79. The molecule has 1 atom stereocenters. The average Bonchev–Trinajstić information content (AvgIpc) is 2.61. The van der Waals surface area contributed by atoms with Crippen molar-refractivity contribution in [3.8, 4) is 0 Å². The molecule has 5 nitrogen and oxygen atoms in total. The number of aliphatic carboxylic acids is 1. The number of carboxylic acids is 1. The van der Waals surface area contributed by atoms with Crippen molar-refractivity contribution in [1.29, 1.82) is 0 Å². The predicted octanol–water partition coefficient (Wildman–Crippen LogP) is 2.69. The second-order valence-electron chi connectivity index (χ2n) is 5.75. The number of hydrogen-bond donors (Lipinski definition) is 1. The van der Waals surface area contributed by atoms with Crippen LogP contribution in [0.5, 0.6) is 0 Å². The van der Waals surface area contributed by atoms with Gasteiger partial charge in [-0.3, -0.25) is 14.5 Å². The van der Waals surface area contributed by atoms with E-state index in [0.29, 0.717) is 24.1 Å². The number of amides is 1. The highest BCUT2D eigenvalue weighted by molar-refractivity contribution is 6.13. The highest BCUT2D eigenvalue weighted by Crippen LogP contribution is 2.31. The Kier molecular flexibility index (Phi) is 4.42. The summed E-state index contributed by atoms with van der Waals surface area (Å²) in [5.74, 6) is -1.85. The molecular weight excluding hydrogens is 306 g/mol. The number of benzene rings is 2. The third kappa shape index (κ3) is 3.06. The van der Waals surface area contributed by atoms with E-state index < -0.39 is 17.9 Å². The summed E-state index contributed by atoms with van der Waals surface area (Å²) in [6, 6.07) is 14.9. The molecule has 5 heteroatoms. The summed E-state index contributed by atoms with van der Waals surface area (Å²) in [6.45, 7) is 0. The van der Waals surface area contributed by atoms with Gasteiger partial charge in [-0.2, -0.15) is 0 Å². The van der Waals surface area contributed by atoms with Crippen LogP contribution in [0.3, 0.4) is 0 Å². The number of carbonyl (C=O) groups excluding carboxylic acids is 2. The van der Waals surface area contributed by atoms with Crippen LogP contribution in [0.15, 0.2) is 54.6 Å². The molecule has 1 heterocycles. The van der Waals surface area contributed by atoms with E-state index in [9.17, 15) is 19.5 Å². The molecule has 0 aliphatic carbocycles. The van der Waals surface area contributed by atoms with E-state index in [2.05, 4.69) is 0 Å². The van der Waals surface area contributed by atoms with Gasteiger partial charge in [0.1, 0.15) is 6.04 Å². The van der Waals surface area contributed by atoms with Crippen molar-refractivity contribution >= 4 is 23.3 Å². The molecule has 1 amide bonds. The third-order valence-corrected chi connectivity index (χ3v) is 4.21. The van der Waals surface area contributed by atoms with Crippen molar-refractivity contribution in [3.63, 3.8) is 0 Å². The first kappa shape index (κ1) is 15.9. The van der Waals surface area contributed by atoms with Gasteiger partial charge >= 0.3 is 5.97 Å². The molecule has 1 unspecified atom stereocenters. The van der Waals surface area contributed by atoms with Gasteiger partial charge in [-0.05, 0) is 24.5 Å². The molecule has 1 aliphatic rings. The molecule has 122 valence electrons. The second kappa shape index (κ2) is 6.66. The number of aryl methyl sites for hydroxylation is 1. The Morgan fingerprint density at radius 1 is 1.00 bits per heavy atom. The Morgan fingerprint density at radius 2 is 1.67 bits per heavy atom. The van der Waals surface area contributed by atoms with E-state index in [0.717, 1.165) is 5.56 Å². The highest BCUT2D eigenvalue weighted by atomic mass is 16.4. The lowest BCUT2D eigenvalue weighted by Gasteiger charge is -2.34. The Balaban J connectivity index is 1.88. The first-order valence-corrected chi connectivity index (χ1v) is 7.79. The Labute approximate surface area is 139 Å². The lowest BCUT2D eigenvalue weighted by atomic mass is 9.95. The zero-order valence-electron chi connectivity index (χ0n) is 13.0. The quantitative estimate of drug-likeness (QED) is 0.693. The third-order valence-electron chi connectivity index (χ3n) is 4.21. The van der Waals surface area contributed by atoms with Crippen LogP contribution in [0.2, 0.25) is 0 Å². The maximum absolute atomic E-state index is 12.7. The van der Waals surface area contributed by atoms with Crippen LogP contribution < -0.4 is 4.90 Å². The van der Waals surface area contributed by atoms with Crippen LogP contribution >= 0.6 is 0 Å². The van der Waals surface area contributed by atoms with Crippen molar-refractivity contribution in [3.05, 3.63) is 65.7 Å². The predicted molar refractivity (Wildman–Crippen MR) is 89.1 cm³/mol. The number of hydrogen-bond acceptors (Lipinski definition) is 3. The fourth-order valence-corrected chi connectivity index (χ4v) is 3.04. The van der Waals surface area contributed by atoms with Crippen LogP contribution in [-0.2, 0) is 16.0 Å². The van der Waals surface area contributed by atoms with Crippen LogP contribution in [0.4, 0.5) is 5.69 Å². The minimum atomic E-state index is -1.05. The van der Waals surface area contributed by atoms with Crippen LogP contribution in [0, 0.1) is 0 Å². The molecule has 24 heavy (non-hydrogen) atoms. The Morgan fingerprint density at radius 3 is 2.38 bits per heavy atom. The number of ketones is 1. The van der Waals surface area contributed by atoms with E-state index in [-0.39, 0.29) is 12.2 Å². The fraction of sp³-hybridized carbons (Fsp3) is 0.211. The monoisotopic (exact) mass is 323 g/mol. The standard InChI is InChI=1S/C19H17NO4/c21-17(14-7-2-1-3-8-14)12-18(22)20-15-9-5-4-6-13(15)10-11-16(20)19(23)24/h1-9,16H,10-12H2,(H,23,24). The maximum atomic E-state index is 12.7. The molecule has 0 aromatic heterocycles. The smallest absolute Gasteiger partial charge is 0.326 e. The summed E-state index contributed by atoms with van der Waals surface area (Å²) >= 11 is 0. The maximum Gasteiger partial charge on any atom is 0.326 e. The van der Waals surface area contributed by atoms with Gasteiger partial charge < -0.3 is 5.11 Å². The number of Topliss-reactive ketones (excluding diaryl/α,β-unsaturated/α-hetero) is 1. The number of rotatable bonds is 4. The van der Waals surface area contributed by atoms with Crippen molar-refractivity contribution in [1.82, 2.24) is 0 Å². The van der Waals surface area contributed by atoms with Gasteiger partial charge in [0.25, 0.3) is 0 Å². The SMILES string of the molecule is O=C(CC(=O)N1c2ccccc2CCC1C(=O)O)c1ccccc1. The van der Waals surface area contributed by atoms with Gasteiger partial charge in [0.05, 0.1) is 6.42 Å². The number of para-hydroxylation sites is 1. The largest absolute Gasteiger partial charge is 0.480 e. The number of anilines is 1. The van der Waals surface area contributed by atoms with Crippen molar-refractivity contribution in [2.75, 3.05) is 4.90 Å². The molecule has 1 N–H and O–H groups in total. The molecular formula is C19H17NO4. The molecule has 0 bridgehead atoms. The second-order valence-corrected chi connectivity index (χ2v) is 5.75. The molecule has 0 fully saturated rings. The molecule has 3 rings (SSSR count). The minimum Gasteiger partial charge on any atom is -0.480 e. The van der Waals surface area contributed by atoms with Crippen LogP contribution in [0.1, 0.15) is 28.8 Å². The van der Waals surface area contributed by atoms with E-state index in [1.165, 1.54) is 4.90 Å². The lowest BCUT2D eigenvalue weighted by molar-refractivity contribution is -0.140. The zero-order valence-corrected chi connectivity index (χ0v) is 13.0. The Hall–Kier alpha value is -2.95. The van der Waals surface area contributed by atoms with Gasteiger partial charge in [-0.1, -0.05) is 48.5 Å². The molecule has 0 saturated heterocycles. The van der Waals surface area contributed by atoms with Gasteiger partial charge in [0, 0.05) is 11.3 Å². The van der Waals surface area contributed by atoms with E-state index in [4.69, 9.17) is 0 Å². The summed E-state index contributed by atoms with van der Waals surface area (Å²) in [5, 5.41) is 9.46. The number of nitrogens with zero attached hydrogens (tertiary/aromatic N) is 1. The molecule has 1 aliphatic heterocycles. The fourth-order valence-electron chi connectivity index (χ4n) is 3.04. The topological polar surface area (TPSA) is 74.7 Å². The normalized spacial score (nSPS) is 16.3. The minimum absolute atomic E-state index is 0.312. The molecule has 0 saturated carbocycles. The number of carboxylic acid groups (broad SMARTS) is 1. The van der Waals surface area contributed by atoms with Gasteiger partial charge in [-0.25, -0.2) is 4.79 Å². The van der Waals surface area contributed by atoms with E-state index in [1.54, 1.807) is 42.5 Å². The summed E-state index contributed by atoms with van der Waals surface area (Å²) in [5.41, 5.74) is 1.96. The zero-order chi connectivity index (χ0) is 17.1. The summed E-state index contributed by atoms with van der Waals surface area (Å²) in [6.07, 6.45) is 0.600. The van der Waals surface area contributed by atoms with E-state index >= 15 is 0 Å². The molecule has 0 spiro atoms. The first-order chi connectivity index (χ1) is 11.6. The molecule has 2 aromatic rings. The lowest BCUT2D eigenvalue weighted by Crippen LogP contribution is -2.48. The van der Waals surface area contributed by atoms with Crippen molar-refractivity contribution in [2.24, 2.45) is 0 Å². The summed E-state index contributed by atoms with van der Waals surface area (Å²) in [4.78, 5) is 37.8. The molecule has 2 aromatic carbocycles. The highest BCUT2D eigenvalue weighted by Gasteiger charge is 2.36. The number of fused-ring (bicyclic) bond motifs is 1. The number of carbonyl (C=O) groups is 3. The van der Waals surface area contributed by atoms with Crippen molar-refractivity contribution in [2.45, 2.75) is 25.3 Å². The van der Waals surface area contributed by atoms with Crippen LogP contribution in [0.25, 0.3) is 0 Å². The van der Waals surface area contributed by atoms with Gasteiger partial charge in [0.15, 0.2) is 5.78 Å². The average molecular weight is 323 g/mol. The van der Waals surface area contributed by atoms with Crippen molar-refractivity contribution < 1.29 is 19.5 Å².